The first-order valence-corrected chi connectivity index (χ1v) is 10.1. The van der Waals surface area contributed by atoms with Gasteiger partial charge in [-0.3, -0.25) is 4.79 Å². The van der Waals surface area contributed by atoms with Crippen LogP contribution in [0.2, 0.25) is 0 Å². The molecule has 0 aliphatic heterocycles. The van der Waals surface area contributed by atoms with Crippen molar-refractivity contribution < 1.29 is 9.53 Å². The molecule has 0 saturated heterocycles. The summed E-state index contributed by atoms with van der Waals surface area (Å²) < 4.78 is 7.14. The minimum absolute atomic E-state index is 0.0245. The molecular formula is C23H30N4O2. The Morgan fingerprint density at radius 1 is 1.17 bits per heavy atom. The number of nitrogens with zero attached hydrogens (tertiary/aromatic N) is 4. The minimum Gasteiger partial charge on any atom is -0.383 e. The first-order valence-electron chi connectivity index (χ1n) is 10.1. The number of fused-ring (bicyclic) bond motifs is 1. The van der Waals surface area contributed by atoms with E-state index in [9.17, 15) is 4.79 Å². The fraction of sp³-hybridized carbons (Fsp3) is 0.435. The summed E-state index contributed by atoms with van der Waals surface area (Å²) in [6, 6.07) is 12.1. The molecular weight excluding hydrogens is 364 g/mol. The van der Waals surface area contributed by atoms with Gasteiger partial charge in [0.05, 0.1) is 23.8 Å². The van der Waals surface area contributed by atoms with E-state index in [0.29, 0.717) is 25.3 Å². The molecule has 0 spiro atoms. The summed E-state index contributed by atoms with van der Waals surface area (Å²) in [6.45, 7) is 9.84. The van der Waals surface area contributed by atoms with Crippen LogP contribution in [-0.2, 0) is 11.3 Å². The molecule has 29 heavy (non-hydrogen) atoms. The quantitative estimate of drug-likeness (QED) is 0.567. The molecule has 2 heterocycles. The third-order valence-corrected chi connectivity index (χ3v) is 4.97. The molecule has 0 atom stereocenters. The van der Waals surface area contributed by atoms with E-state index in [2.05, 4.69) is 32.8 Å². The van der Waals surface area contributed by atoms with Crippen molar-refractivity contribution in [2.45, 2.75) is 46.2 Å². The number of methoxy groups -OCH3 is 1. The van der Waals surface area contributed by atoms with E-state index < -0.39 is 0 Å². The molecule has 0 unspecified atom stereocenters. The molecule has 154 valence electrons. The maximum atomic E-state index is 13.6. The van der Waals surface area contributed by atoms with E-state index in [1.165, 1.54) is 0 Å². The Hall–Kier alpha value is -2.73. The number of pyridine rings is 1. The molecule has 0 fully saturated rings. The van der Waals surface area contributed by atoms with Gasteiger partial charge in [-0.15, -0.1) is 0 Å². The average Bonchev–Trinajstić information content (AvgIpc) is 3.15. The highest BCUT2D eigenvalue weighted by Gasteiger charge is 2.23. The van der Waals surface area contributed by atoms with Crippen LogP contribution in [0.15, 0.2) is 42.6 Å². The smallest absolute Gasteiger partial charge is 0.255 e. The minimum atomic E-state index is -0.0245. The maximum Gasteiger partial charge on any atom is 0.255 e. The standard InChI is InChI=1S/C23H30N4O2/c1-16(2)21-13-19(20-14-24-27(17(3)4)22(20)25-21)23(28)26(11-12-29-5)15-18-9-7-6-8-10-18/h6-10,13-14,16-17H,11-12,15H2,1-5H3. The van der Waals surface area contributed by atoms with Crippen molar-refractivity contribution in [2.75, 3.05) is 20.3 Å². The van der Waals surface area contributed by atoms with Gasteiger partial charge in [0.2, 0.25) is 0 Å². The molecule has 0 aliphatic rings. The van der Waals surface area contributed by atoms with Gasteiger partial charge in [0.15, 0.2) is 5.65 Å². The number of ether oxygens (including phenoxy) is 1. The van der Waals surface area contributed by atoms with Gasteiger partial charge in [-0.1, -0.05) is 44.2 Å². The van der Waals surface area contributed by atoms with Crippen molar-refractivity contribution in [3.63, 3.8) is 0 Å². The van der Waals surface area contributed by atoms with Crippen molar-refractivity contribution >= 4 is 16.9 Å². The topological polar surface area (TPSA) is 60.2 Å². The van der Waals surface area contributed by atoms with E-state index in [4.69, 9.17) is 9.72 Å². The third kappa shape index (κ3) is 4.65. The Labute approximate surface area is 172 Å². The van der Waals surface area contributed by atoms with Crippen LogP contribution in [0.5, 0.6) is 0 Å². The number of aromatic nitrogens is 3. The molecule has 3 rings (SSSR count). The van der Waals surface area contributed by atoms with Crippen molar-refractivity contribution in [1.29, 1.82) is 0 Å². The number of hydrogen-bond acceptors (Lipinski definition) is 4. The van der Waals surface area contributed by atoms with Crippen LogP contribution in [0.4, 0.5) is 0 Å². The summed E-state index contributed by atoms with van der Waals surface area (Å²) in [7, 11) is 1.65. The van der Waals surface area contributed by atoms with Gasteiger partial charge >= 0.3 is 0 Å². The average molecular weight is 395 g/mol. The lowest BCUT2D eigenvalue weighted by atomic mass is 10.0. The number of carbonyl (C=O) groups excluding carboxylic acids is 1. The lowest BCUT2D eigenvalue weighted by Gasteiger charge is -2.23. The molecule has 3 aromatic rings. The lowest BCUT2D eigenvalue weighted by molar-refractivity contribution is 0.0682. The van der Waals surface area contributed by atoms with Gasteiger partial charge in [0.1, 0.15) is 0 Å². The SMILES string of the molecule is COCCN(Cc1ccccc1)C(=O)c1cc(C(C)C)nc2c1cnn2C(C)C. The summed E-state index contributed by atoms with van der Waals surface area (Å²) in [4.78, 5) is 20.3. The summed E-state index contributed by atoms with van der Waals surface area (Å²) >= 11 is 0. The van der Waals surface area contributed by atoms with Gasteiger partial charge in [-0.05, 0) is 31.4 Å². The fourth-order valence-electron chi connectivity index (χ4n) is 3.32. The zero-order valence-electron chi connectivity index (χ0n) is 17.9. The first-order chi connectivity index (χ1) is 13.9. The molecule has 6 nitrogen and oxygen atoms in total. The summed E-state index contributed by atoms with van der Waals surface area (Å²) in [6.07, 6.45) is 1.76. The van der Waals surface area contributed by atoms with Gasteiger partial charge in [-0.25, -0.2) is 9.67 Å². The Bertz CT molecular complexity index is 964. The molecule has 0 saturated carbocycles. The first kappa shape index (κ1) is 21.0. The van der Waals surface area contributed by atoms with E-state index in [-0.39, 0.29) is 17.9 Å². The Morgan fingerprint density at radius 2 is 1.90 bits per heavy atom. The van der Waals surface area contributed by atoms with E-state index in [0.717, 1.165) is 22.3 Å². The number of carbonyl (C=O) groups is 1. The van der Waals surface area contributed by atoms with E-state index in [1.807, 2.05) is 46.0 Å². The molecule has 0 aliphatic carbocycles. The van der Waals surface area contributed by atoms with Gasteiger partial charge in [0, 0.05) is 31.9 Å². The van der Waals surface area contributed by atoms with Crippen LogP contribution in [0, 0.1) is 0 Å². The zero-order valence-corrected chi connectivity index (χ0v) is 17.9. The van der Waals surface area contributed by atoms with Crippen LogP contribution < -0.4 is 0 Å². The monoisotopic (exact) mass is 394 g/mol. The predicted molar refractivity (Wildman–Crippen MR) is 115 cm³/mol. The zero-order chi connectivity index (χ0) is 21.0. The second-order valence-electron chi connectivity index (χ2n) is 7.87. The van der Waals surface area contributed by atoms with Crippen molar-refractivity contribution in [3.05, 3.63) is 59.4 Å². The number of hydrogen-bond donors (Lipinski definition) is 0. The maximum absolute atomic E-state index is 13.6. The van der Waals surface area contributed by atoms with Crippen LogP contribution in [0.3, 0.4) is 0 Å². The van der Waals surface area contributed by atoms with Crippen LogP contribution in [0.25, 0.3) is 11.0 Å². The molecule has 6 heteroatoms. The molecule has 0 radical (unpaired) electrons. The van der Waals surface area contributed by atoms with Crippen molar-refractivity contribution in [3.8, 4) is 0 Å². The van der Waals surface area contributed by atoms with Gasteiger partial charge in [-0.2, -0.15) is 5.10 Å². The molecule has 0 N–H and O–H groups in total. The molecule has 1 amide bonds. The van der Waals surface area contributed by atoms with Crippen LogP contribution >= 0.6 is 0 Å². The van der Waals surface area contributed by atoms with Crippen molar-refractivity contribution in [1.82, 2.24) is 19.7 Å². The predicted octanol–water partition coefficient (Wildman–Crippen LogP) is 4.42. The highest BCUT2D eigenvalue weighted by atomic mass is 16.5. The second kappa shape index (κ2) is 9.18. The van der Waals surface area contributed by atoms with Gasteiger partial charge < -0.3 is 9.64 Å². The highest BCUT2D eigenvalue weighted by molar-refractivity contribution is 6.05. The number of benzene rings is 1. The Morgan fingerprint density at radius 3 is 2.52 bits per heavy atom. The molecule has 2 aromatic heterocycles. The van der Waals surface area contributed by atoms with Crippen LogP contribution in [0.1, 0.15) is 61.3 Å². The Balaban J connectivity index is 2.06. The Kier molecular flexibility index (Phi) is 6.64. The molecule has 0 bridgehead atoms. The summed E-state index contributed by atoms with van der Waals surface area (Å²) in [5.41, 5.74) is 3.40. The summed E-state index contributed by atoms with van der Waals surface area (Å²) in [5.74, 6) is 0.187. The third-order valence-electron chi connectivity index (χ3n) is 4.97. The normalized spacial score (nSPS) is 11.6. The second-order valence-corrected chi connectivity index (χ2v) is 7.87. The fourth-order valence-corrected chi connectivity index (χ4v) is 3.32. The van der Waals surface area contributed by atoms with Crippen LogP contribution in [-0.4, -0.2) is 45.8 Å². The van der Waals surface area contributed by atoms with Crippen molar-refractivity contribution in [2.24, 2.45) is 0 Å². The lowest BCUT2D eigenvalue weighted by Crippen LogP contribution is -2.33. The van der Waals surface area contributed by atoms with E-state index >= 15 is 0 Å². The van der Waals surface area contributed by atoms with E-state index in [1.54, 1.807) is 13.3 Å². The highest BCUT2D eigenvalue weighted by Crippen LogP contribution is 2.26. The number of amides is 1. The largest absolute Gasteiger partial charge is 0.383 e. The van der Waals surface area contributed by atoms with Gasteiger partial charge in [0.25, 0.3) is 5.91 Å². The molecule has 1 aromatic carbocycles. The number of rotatable bonds is 8. The summed E-state index contributed by atoms with van der Waals surface area (Å²) in [5, 5.41) is 5.30.